The summed E-state index contributed by atoms with van der Waals surface area (Å²) in [5, 5.41) is 0.616. The van der Waals surface area contributed by atoms with Gasteiger partial charge in [-0.3, -0.25) is 4.79 Å². The maximum Gasteiger partial charge on any atom is 0.225 e. The van der Waals surface area contributed by atoms with Crippen LogP contribution in [0.3, 0.4) is 0 Å². The van der Waals surface area contributed by atoms with Crippen LogP contribution in [0, 0.1) is 6.92 Å². The topological polar surface area (TPSA) is 55.6 Å². The fourth-order valence-electron chi connectivity index (χ4n) is 1.57. The summed E-state index contributed by atoms with van der Waals surface area (Å²) in [4.78, 5) is 13.9. The van der Waals surface area contributed by atoms with Crippen LogP contribution in [-0.4, -0.2) is 36.0 Å². The first-order valence-electron chi connectivity index (χ1n) is 6.31. The van der Waals surface area contributed by atoms with E-state index in [4.69, 9.17) is 34.3 Å². The average Bonchev–Trinajstić information content (AvgIpc) is 2.39. The van der Waals surface area contributed by atoms with Crippen LogP contribution < -0.4 is 10.5 Å². The second kappa shape index (κ2) is 8.07. The van der Waals surface area contributed by atoms with Crippen LogP contribution in [-0.2, 0) is 4.79 Å². The Morgan fingerprint density at radius 1 is 1.45 bits per heavy atom. The Kier molecular flexibility index (Phi) is 6.75. The molecular formula is C14H19ClN2O2S. The van der Waals surface area contributed by atoms with Crippen LogP contribution >= 0.6 is 23.8 Å². The lowest BCUT2D eigenvalue weighted by Crippen LogP contribution is -2.30. The lowest BCUT2D eigenvalue weighted by atomic mass is 10.2. The fraction of sp³-hybridized carbons (Fsp3) is 0.429. The van der Waals surface area contributed by atoms with Crippen LogP contribution in [0.5, 0.6) is 5.75 Å². The molecule has 0 saturated carbocycles. The third-order valence-corrected chi connectivity index (χ3v) is 3.28. The number of hydrogen-bond donors (Lipinski definition) is 1. The summed E-state index contributed by atoms with van der Waals surface area (Å²) >= 11 is 10.7. The summed E-state index contributed by atoms with van der Waals surface area (Å²) in [5.74, 6) is 0.706. The zero-order valence-corrected chi connectivity index (χ0v) is 13.3. The number of hydrogen-bond acceptors (Lipinski definition) is 3. The van der Waals surface area contributed by atoms with Gasteiger partial charge in [0.05, 0.1) is 18.0 Å². The maximum atomic E-state index is 11.8. The van der Waals surface area contributed by atoms with Gasteiger partial charge in [0.25, 0.3) is 0 Å². The van der Waals surface area contributed by atoms with Crippen LogP contribution in [0.25, 0.3) is 0 Å². The molecule has 1 rings (SSSR count). The minimum Gasteiger partial charge on any atom is -0.493 e. The van der Waals surface area contributed by atoms with Gasteiger partial charge < -0.3 is 15.4 Å². The lowest BCUT2D eigenvalue weighted by Gasteiger charge is -2.17. The van der Waals surface area contributed by atoms with Crippen molar-refractivity contribution in [2.45, 2.75) is 19.8 Å². The molecule has 0 aliphatic heterocycles. The second-order valence-corrected chi connectivity index (χ2v) is 5.50. The van der Waals surface area contributed by atoms with Crippen molar-refractivity contribution in [2.24, 2.45) is 5.73 Å². The lowest BCUT2D eigenvalue weighted by molar-refractivity contribution is -0.130. The first kappa shape index (κ1) is 16.7. The Morgan fingerprint density at radius 2 is 2.15 bits per heavy atom. The highest BCUT2D eigenvalue weighted by atomic mass is 35.5. The number of ether oxygens (including phenoxy) is 1. The molecule has 1 aromatic carbocycles. The van der Waals surface area contributed by atoms with Crippen molar-refractivity contribution in [3.8, 4) is 5.75 Å². The van der Waals surface area contributed by atoms with Gasteiger partial charge in [0.1, 0.15) is 5.75 Å². The van der Waals surface area contributed by atoms with Gasteiger partial charge in [-0.2, -0.15) is 0 Å². The third kappa shape index (κ3) is 5.75. The van der Waals surface area contributed by atoms with E-state index in [2.05, 4.69) is 0 Å². The summed E-state index contributed by atoms with van der Waals surface area (Å²) in [6, 6.07) is 5.43. The molecule has 4 nitrogen and oxygen atoms in total. The predicted molar refractivity (Wildman–Crippen MR) is 85.3 cm³/mol. The number of amides is 1. The summed E-state index contributed by atoms with van der Waals surface area (Å²) in [5.41, 5.74) is 6.39. The van der Waals surface area contributed by atoms with Gasteiger partial charge in [-0.15, -0.1) is 0 Å². The summed E-state index contributed by atoms with van der Waals surface area (Å²) in [6.45, 7) is 2.78. The van der Waals surface area contributed by atoms with Crippen LogP contribution in [0.15, 0.2) is 18.2 Å². The molecular weight excluding hydrogens is 296 g/mol. The van der Waals surface area contributed by atoms with E-state index < -0.39 is 0 Å². The quantitative estimate of drug-likeness (QED) is 0.786. The normalized spacial score (nSPS) is 10.2. The molecule has 0 bridgehead atoms. The number of carbonyl (C=O) groups excluding carboxylic acids is 1. The molecule has 2 N–H and O–H groups in total. The van der Waals surface area contributed by atoms with Gasteiger partial charge in [0.15, 0.2) is 0 Å². The first-order valence-corrected chi connectivity index (χ1v) is 7.10. The smallest absolute Gasteiger partial charge is 0.225 e. The molecule has 6 heteroatoms. The van der Waals surface area contributed by atoms with E-state index in [-0.39, 0.29) is 5.91 Å². The molecule has 0 aromatic heterocycles. The summed E-state index contributed by atoms with van der Waals surface area (Å²) in [7, 11) is 1.73. The molecule has 20 heavy (non-hydrogen) atoms. The zero-order valence-electron chi connectivity index (χ0n) is 11.7. The number of carbonyl (C=O) groups is 1. The summed E-state index contributed by atoms with van der Waals surface area (Å²) < 4.78 is 5.58. The largest absolute Gasteiger partial charge is 0.493 e. The van der Waals surface area contributed by atoms with E-state index in [9.17, 15) is 4.79 Å². The number of rotatable bonds is 7. The Balaban J connectivity index is 2.38. The van der Waals surface area contributed by atoms with E-state index in [0.717, 1.165) is 5.56 Å². The average molecular weight is 315 g/mol. The molecule has 0 fully saturated rings. The van der Waals surface area contributed by atoms with E-state index >= 15 is 0 Å². The molecule has 0 saturated heterocycles. The number of nitrogens with zero attached hydrogens (tertiary/aromatic N) is 1. The molecule has 0 heterocycles. The summed E-state index contributed by atoms with van der Waals surface area (Å²) in [6.07, 6.45) is 0.839. The van der Waals surface area contributed by atoms with Gasteiger partial charge >= 0.3 is 0 Å². The van der Waals surface area contributed by atoms with Crippen molar-refractivity contribution in [2.75, 3.05) is 20.2 Å². The highest BCUT2D eigenvalue weighted by molar-refractivity contribution is 7.80. The number of halogens is 1. The highest BCUT2D eigenvalue weighted by Gasteiger charge is 2.09. The van der Waals surface area contributed by atoms with Crippen molar-refractivity contribution in [1.29, 1.82) is 0 Å². The second-order valence-electron chi connectivity index (χ2n) is 4.54. The molecule has 0 atom stereocenters. The van der Waals surface area contributed by atoms with Gasteiger partial charge in [0, 0.05) is 25.0 Å². The molecule has 0 spiro atoms. The van der Waals surface area contributed by atoms with E-state index in [1.54, 1.807) is 24.1 Å². The van der Waals surface area contributed by atoms with Gasteiger partial charge in [-0.25, -0.2) is 0 Å². The SMILES string of the molecule is Cc1ccc(Cl)cc1OCCC(=O)N(C)CCC(N)=S. The molecule has 0 aliphatic rings. The van der Waals surface area contributed by atoms with Crippen molar-refractivity contribution < 1.29 is 9.53 Å². The molecule has 1 aromatic rings. The van der Waals surface area contributed by atoms with Crippen molar-refractivity contribution >= 4 is 34.7 Å². The van der Waals surface area contributed by atoms with Gasteiger partial charge in [0.2, 0.25) is 5.91 Å². The van der Waals surface area contributed by atoms with Crippen LogP contribution in [0.4, 0.5) is 0 Å². The monoisotopic (exact) mass is 314 g/mol. The minimum atomic E-state index is 0.000862. The Hall–Kier alpha value is -1.33. The van der Waals surface area contributed by atoms with Crippen molar-refractivity contribution in [3.63, 3.8) is 0 Å². The van der Waals surface area contributed by atoms with Crippen molar-refractivity contribution in [3.05, 3.63) is 28.8 Å². The number of benzene rings is 1. The number of aryl methyl sites for hydroxylation is 1. The first-order chi connectivity index (χ1) is 9.40. The third-order valence-electron chi connectivity index (χ3n) is 2.84. The maximum absolute atomic E-state index is 11.8. The molecule has 0 radical (unpaired) electrons. The minimum absolute atomic E-state index is 0.000862. The van der Waals surface area contributed by atoms with E-state index in [0.29, 0.717) is 41.8 Å². The van der Waals surface area contributed by atoms with Gasteiger partial charge in [-0.05, 0) is 24.6 Å². The number of thiocarbonyl (C=S) groups is 1. The fourth-order valence-corrected chi connectivity index (χ4v) is 1.82. The zero-order chi connectivity index (χ0) is 15.1. The predicted octanol–water partition coefficient (Wildman–Crippen LogP) is 2.55. The van der Waals surface area contributed by atoms with Crippen LogP contribution in [0.1, 0.15) is 18.4 Å². The standard InChI is InChI=1S/C14H19ClN2O2S/c1-10-3-4-11(15)9-12(10)19-8-6-14(18)17(2)7-5-13(16)20/h3-4,9H,5-8H2,1-2H3,(H2,16,20). The van der Waals surface area contributed by atoms with E-state index in [1.165, 1.54) is 0 Å². The molecule has 1 amide bonds. The Bertz CT molecular complexity index is 494. The van der Waals surface area contributed by atoms with Crippen molar-refractivity contribution in [1.82, 2.24) is 4.90 Å². The Morgan fingerprint density at radius 3 is 2.80 bits per heavy atom. The van der Waals surface area contributed by atoms with Crippen LogP contribution in [0.2, 0.25) is 5.02 Å². The van der Waals surface area contributed by atoms with Gasteiger partial charge in [-0.1, -0.05) is 29.9 Å². The Labute approximate surface area is 129 Å². The highest BCUT2D eigenvalue weighted by Crippen LogP contribution is 2.22. The van der Waals surface area contributed by atoms with E-state index in [1.807, 2.05) is 13.0 Å². The molecule has 0 aliphatic carbocycles. The number of nitrogens with two attached hydrogens (primary N) is 1. The molecule has 110 valence electrons. The molecule has 0 unspecified atom stereocenters.